The third kappa shape index (κ3) is 5.69. The van der Waals surface area contributed by atoms with Gasteiger partial charge in [0.1, 0.15) is 0 Å². The van der Waals surface area contributed by atoms with Gasteiger partial charge in [0.05, 0.1) is 0 Å². The zero-order chi connectivity index (χ0) is 35.1. The van der Waals surface area contributed by atoms with Crippen LogP contribution in [0.1, 0.15) is 0 Å². The first-order valence-electron chi connectivity index (χ1n) is 18.2. The van der Waals surface area contributed by atoms with Crippen LogP contribution in [0.5, 0.6) is 0 Å². The molecule has 0 fully saturated rings. The van der Waals surface area contributed by atoms with Crippen molar-refractivity contribution in [2.45, 2.75) is 0 Å². The Morgan fingerprint density at radius 2 is 0.660 bits per heavy atom. The lowest BCUT2D eigenvalue weighted by atomic mass is 9.94. The van der Waals surface area contributed by atoms with Crippen LogP contribution in [-0.4, -0.2) is 0 Å². The van der Waals surface area contributed by atoms with Crippen molar-refractivity contribution in [3.8, 4) is 33.4 Å². The second kappa shape index (κ2) is 13.0. The van der Waals surface area contributed by atoms with Crippen LogP contribution in [0.25, 0.3) is 76.5 Å². The van der Waals surface area contributed by atoms with Gasteiger partial charge in [0, 0.05) is 17.1 Å². The quantitative estimate of drug-likeness (QED) is 0.159. The highest BCUT2D eigenvalue weighted by Gasteiger charge is 2.15. The van der Waals surface area contributed by atoms with Gasteiger partial charge in [0.15, 0.2) is 0 Å². The summed E-state index contributed by atoms with van der Waals surface area (Å²) in [6, 6.07) is 77.3. The van der Waals surface area contributed by atoms with Crippen LogP contribution >= 0.6 is 0 Å². The summed E-state index contributed by atoms with van der Waals surface area (Å²) in [7, 11) is 0. The number of benzene rings is 10. The van der Waals surface area contributed by atoms with Crippen molar-refractivity contribution in [2.75, 3.05) is 4.90 Å². The van der Waals surface area contributed by atoms with Crippen molar-refractivity contribution in [3.63, 3.8) is 0 Å². The zero-order valence-electron chi connectivity index (χ0n) is 29.2. The molecule has 10 aromatic rings. The predicted molar refractivity (Wildman–Crippen MR) is 227 cm³/mol. The highest BCUT2D eigenvalue weighted by atomic mass is 15.1. The molecule has 0 N–H and O–H groups in total. The first-order chi connectivity index (χ1) is 26.2. The molecule has 0 atom stereocenters. The van der Waals surface area contributed by atoms with Crippen molar-refractivity contribution in [1.82, 2.24) is 0 Å². The molecule has 0 aliphatic rings. The summed E-state index contributed by atoms with van der Waals surface area (Å²) in [4.78, 5) is 2.37. The van der Waals surface area contributed by atoms with Gasteiger partial charge in [-0.3, -0.25) is 0 Å². The summed E-state index contributed by atoms with van der Waals surface area (Å²) < 4.78 is 0. The number of rotatable bonds is 6. The Kier molecular flexibility index (Phi) is 7.55. The van der Waals surface area contributed by atoms with Crippen LogP contribution in [0.2, 0.25) is 0 Å². The normalized spacial score (nSPS) is 11.4. The van der Waals surface area contributed by atoms with E-state index in [4.69, 9.17) is 0 Å². The molecule has 1 heteroatoms. The summed E-state index contributed by atoms with van der Waals surface area (Å²) in [6.07, 6.45) is 0. The molecule has 53 heavy (non-hydrogen) atoms. The molecule has 0 radical (unpaired) electrons. The van der Waals surface area contributed by atoms with Crippen LogP contribution in [0, 0.1) is 0 Å². The lowest BCUT2D eigenvalue weighted by Crippen LogP contribution is -2.09. The third-order valence-electron chi connectivity index (χ3n) is 10.6. The lowest BCUT2D eigenvalue weighted by Gasteiger charge is -2.26. The summed E-state index contributed by atoms with van der Waals surface area (Å²) in [5, 5.41) is 10.1. The number of hydrogen-bond donors (Lipinski definition) is 0. The van der Waals surface area contributed by atoms with Gasteiger partial charge in [-0.15, -0.1) is 0 Å². The zero-order valence-corrected chi connectivity index (χ0v) is 29.2. The van der Waals surface area contributed by atoms with Crippen molar-refractivity contribution < 1.29 is 0 Å². The molecular weight excluding hydrogens is 639 g/mol. The van der Waals surface area contributed by atoms with Gasteiger partial charge in [-0.2, -0.15) is 0 Å². The van der Waals surface area contributed by atoms with E-state index in [1.165, 1.54) is 76.5 Å². The van der Waals surface area contributed by atoms with E-state index in [9.17, 15) is 0 Å². The summed E-state index contributed by atoms with van der Waals surface area (Å²) in [5.41, 5.74) is 10.6. The Morgan fingerprint density at radius 3 is 1.34 bits per heavy atom. The van der Waals surface area contributed by atoms with Crippen LogP contribution < -0.4 is 4.90 Å². The third-order valence-corrected chi connectivity index (χ3v) is 10.6. The topological polar surface area (TPSA) is 3.24 Å². The first-order valence-corrected chi connectivity index (χ1v) is 18.2. The average Bonchev–Trinajstić information content (AvgIpc) is 3.24. The van der Waals surface area contributed by atoms with Crippen LogP contribution in [0.15, 0.2) is 212 Å². The molecule has 0 saturated carbocycles. The summed E-state index contributed by atoms with van der Waals surface area (Å²) >= 11 is 0. The molecule has 10 aromatic carbocycles. The van der Waals surface area contributed by atoms with Gasteiger partial charge in [0.25, 0.3) is 0 Å². The van der Waals surface area contributed by atoms with E-state index in [1.54, 1.807) is 0 Å². The Balaban J connectivity index is 1.07. The van der Waals surface area contributed by atoms with Gasteiger partial charge >= 0.3 is 0 Å². The van der Waals surface area contributed by atoms with Gasteiger partial charge in [0.2, 0.25) is 0 Å². The van der Waals surface area contributed by atoms with Crippen LogP contribution in [0.3, 0.4) is 0 Å². The summed E-state index contributed by atoms with van der Waals surface area (Å²) in [5.74, 6) is 0. The standard InChI is InChI=1S/C52H35N/c1-3-9-36(10-4-1)38-23-28-47(29-24-38)53(49-32-27-40-15-21-44(33-46(40)34-49)37-11-5-2-6-12-37)48-30-25-39(26-31-48)45-22-18-42-17-20-43-19-16-41-13-7-8-14-50(41)52(43)51(42)35-45/h1-35H. The van der Waals surface area contributed by atoms with Crippen molar-refractivity contribution in [2.24, 2.45) is 0 Å². The lowest BCUT2D eigenvalue weighted by molar-refractivity contribution is 1.29. The molecular formula is C52H35N. The fraction of sp³-hybridized carbons (Fsp3) is 0. The van der Waals surface area contributed by atoms with Gasteiger partial charge in [-0.25, -0.2) is 0 Å². The van der Waals surface area contributed by atoms with E-state index >= 15 is 0 Å². The van der Waals surface area contributed by atoms with E-state index in [-0.39, 0.29) is 0 Å². The van der Waals surface area contributed by atoms with E-state index in [2.05, 4.69) is 217 Å². The Bertz CT molecular complexity index is 2900. The van der Waals surface area contributed by atoms with Gasteiger partial charge in [-0.05, 0) is 125 Å². The Hall–Kier alpha value is -6.96. The van der Waals surface area contributed by atoms with Crippen molar-refractivity contribution >= 4 is 60.2 Å². The maximum Gasteiger partial charge on any atom is 0.0468 e. The fourth-order valence-electron chi connectivity index (χ4n) is 7.87. The SMILES string of the molecule is c1ccc(-c2ccc(N(c3ccc(-c4ccc5ccc6ccc7ccccc7c6c5c4)cc3)c3ccc4ccc(-c5ccccc5)cc4c3)cc2)cc1. The maximum absolute atomic E-state index is 2.37. The first kappa shape index (κ1) is 30.8. The Labute approximate surface area is 309 Å². The van der Waals surface area contributed by atoms with Crippen molar-refractivity contribution in [3.05, 3.63) is 212 Å². The van der Waals surface area contributed by atoms with Crippen molar-refractivity contribution in [1.29, 1.82) is 0 Å². The molecule has 0 spiro atoms. The second-order valence-corrected chi connectivity index (χ2v) is 13.8. The van der Waals surface area contributed by atoms with E-state index < -0.39 is 0 Å². The largest absolute Gasteiger partial charge is 0.310 e. The minimum atomic E-state index is 1.11. The molecule has 0 aliphatic carbocycles. The molecule has 0 saturated heterocycles. The molecule has 0 bridgehead atoms. The number of nitrogens with zero attached hydrogens (tertiary/aromatic N) is 1. The number of hydrogen-bond acceptors (Lipinski definition) is 1. The highest BCUT2D eigenvalue weighted by Crippen LogP contribution is 2.40. The molecule has 0 heterocycles. The smallest absolute Gasteiger partial charge is 0.0468 e. The Morgan fingerprint density at radius 1 is 0.226 bits per heavy atom. The second-order valence-electron chi connectivity index (χ2n) is 13.8. The highest BCUT2D eigenvalue weighted by molar-refractivity contribution is 6.20. The predicted octanol–water partition coefficient (Wildman–Crippen LogP) is 14.8. The fourth-order valence-corrected chi connectivity index (χ4v) is 7.87. The number of anilines is 3. The minimum Gasteiger partial charge on any atom is -0.310 e. The molecule has 248 valence electrons. The van der Waals surface area contributed by atoms with Crippen LogP contribution in [0.4, 0.5) is 17.1 Å². The summed E-state index contributed by atoms with van der Waals surface area (Å²) in [6.45, 7) is 0. The average molecular weight is 674 g/mol. The molecule has 0 aromatic heterocycles. The molecule has 1 nitrogen and oxygen atoms in total. The van der Waals surface area contributed by atoms with E-state index in [0.29, 0.717) is 0 Å². The molecule has 10 rings (SSSR count). The van der Waals surface area contributed by atoms with Gasteiger partial charge < -0.3 is 4.90 Å². The van der Waals surface area contributed by atoms with E-state index in [0.717, 1.165) is 17.1 Å². The number of fused-ring (bicyclic) bond motifs is 6. The molecule has 0 amide bonds. The van der Waals surface area contributed by atoms with Gasteiger partial charge in [-0.1, -0.05) is 164 Å². The monoisotopic (exact) mass is 673 g/mol. The molecule has 0 aliphatic heterocycles. The van der Waals surface area contributed by atoms with E-state index in [1.807, 2.05) is 0 Å². The van der Waals surface area contributed by atoms with Crippen LogP contribution in [-0.2, 0) is 0 Å². The minimum absolute atomic E-state index is 1.11. The molecule has 0 unspecified atom stereocenters. The maximum atomic E-state index is 2.37.